The molecule has 0 aromatic heterocycles. The topological polar surface area (TPSA) is 102 Å². The summed E-state index contributed by atoms with van der Waals surface area (Å²) in [6.45, 7) is 5.91. The van der Waals surface area contributed by atoms with Crippen molar-refractivity contribution in [2.45, 2.75) is 35.9 Å². The quantitative estimate of drug-likeness (QED) is 0.581. The van der Waals surface area contributed by atoms with Crippen LogP contribution in [0.3, 0.4) is 0 Å². The Morgan fingerprint density at radius 1 is 1.19 bits per heavy atom. The van der Waals surface area contributed by atoms with Crippen molar-refractivity contribution in [3.8, 4) is 0 Å². The van der Waals surface area contributed by atoms with Crippen molar-refractivity contribution in [3.63, 3.8) is 0 Å². The molecule has 2 atom stereocenters. The van der Waals surface area contributed by atoms with Crippen molar-refractivity contribution in [3.05, 3.63) is 23.3 Å². The zero-order valence-electron chi connectivity index (χ0n) is 18.4. The lowest BCUT2D eigenvalue weighted by atomic mass is 10.1. The van der Waals surface area contributed by atoms with Gasteiger partial charge in [-0.15, -0.1) is 23.2 Å². The van der Waals surface area contributed by atoms with Gasteiger partial charge in [0.25, 0.3) is 5.91 Å². The molecule has 2 N–H and O–H groups in total. The van der Waals surface area contributed by atoms with Crippen LogP contribution in [0.1, 0.15) is 17.5 Å². The van der Waals surface area contributed by atoms with E-state index in [9.17, 15) is 18.0 Å². The highest BCUT2D eigenvalue weighted by Crippen LogP contribution is 2.27. The highest BCUT2D eigenvalue weighted by Gasteiger charge is 2.35. The van der Waals surface area contributed by atoms with Gasteiger partial charge in [0, 0.05) is 31.9 Å². The van der Waals surface area contributed by atoms with Crippen molar-refractivity contribution in [2.75, 3.05) is 51.6 Å². The Balaban J connectivity index is 1.78. The Labute approximate surface area is 199 Å². The number of amides is 2. The number of sulfonamides is 1. The fourth-order valence-corrected chi connectivity index (χ4v) is 5.91. The van der Waals surface area contributed by atoms with Crippen molar-refractivity contribution >= 4 is 50.7 Å². The zero-order valence-corrected chi connectivity index (χ0v) is 20.7. The van der Waals surface area contributed by atoms with Gasteiger partial charge in [-0.3, -0.25) is 14.6 Å². The van der Waals surface area contributed by atoms with Crippen LogP contribution in [0.2, 0.25) is 0 Å². The van der Waals surface area contributed by atoms with E-state index in [2.05, 4.69) is 15.6 Å². The summed E-state index contributed by atoms with van der Waals surface area (Å²) in [5.74, 6) is -0.965. The minimum Gasteiger partial charge on any atom is -0.324 e. The number of hydrazine groups is 1. The van der Waals surface area contributed by atoms with Crippen molar-refractivity contribution in [2.24, 2.45) is 0 Å². The highest BCUT2D eigenvalue weighted by molar-refractivity contribution is 7.89. The normalized spacial score (nSPS) is 23.8. The molecule has 2 aliphatic heterocycles. The Morgan fingerprint density at radius 2 is 1.91 bits per heavy atom. The number of carbonyl (C=O) groups is 2. The fraction of sp³-hybridized carbons (Fsp3) is 0.600. The van der Waals surface area contributed by atoms with Gasteiger partial charge in [-0.25, -0.2) is 13.8 Å². The van der Waals surface area contributed by atoms with Gasteiger partial charge < -0.3 is 10.2 Å². The fourth-order valence-electron chi connectivity index (χ4n) is 3.73. The molecular formula is C20H29Cl2N5O4S. The summed E-state index contributed by atoms with van der Waals surface area (Å²) in [4.78, 5) is 27.1. The molecule has 3 rings (SSSR count). The molecule has 2 heterocycles. The number of rotatable bonds is 5. The van der Waals surface area contributed by atoms with Crippen LogP contribution in [0.4, 0.5) is 5.69 Å². The first-order valence-electron chi connectivity index (χ1n) is 10.4. The maximum atomic E-state index is 13.4. The van der Waals surface area contributed by atoms with E-state index in [0.29, 0.717) is 30.9 Å². The van der Waals surface area contributed by atoms with E-state index in [0.717, 1.165) is 23.5 Å². The number of hydrogen-bond donors (Lipinski definition) is 2. The van der Waals surface area contributed by atoms with Gasteiger partial charge in [-0.1, -0.05) is 0 Å². The number of nitrogens with zero attached hydrogens (tertiary/aromatic N) is 3. The van der Waals surface area contributed by atoms with Crippen LogP contribution >= 0.6 is 23.2 Å². The molecule has 12 heteroatoms. The smallest absolute Gasteiger partial charge is 0.256 e. The Kier molecular flexibility index (Phi) is 8.06. The van der Waals surface area contributed by atoms with Gasteiger partial charge in [0.2, 0.25) is 15.9 Å². The zero-order chi connectivity index (χ0) is 23.6. The maximum absolute atomic E-state index is 13.4. The molecule has 9 nitrogen and oxygen atoms in total. The van der Waals surface area contributed by atoms with Crippen LogP contribution in [0, 0.1) is 13.8 Å². The van der Waals surface area contributed by atoms with E-state index >= 15 is 0 Å². The lowest BCUT2D eigenvalue weighted by Crippen LogP contribution is -2.58. The van der Waals surface area contributed by atoms with Crippen molar-refractivity contribution in [1.29, 1.82) is 0 Å². The van der Waals surface area contributed by atoms with Crippen molar-refractivity contribution in [1.82, 2.24) is 19.6 Å². The number of anilines is 1. The predicted molar refractivity (Wildman–Crippen MR) is 124 cm³/mol. The molecule has 32 heavy (non-hydrogen) atoms. The monoisotopic (exact) mass is 505 g/mol. The maximum Gasteiger partial charge on any atom is 0.256 e. The number of carbonyl (C=O) groups excluding carboxylic acids is 2. The number of aryl methyl sites for hydroxylation is 1. The summed E-state index contributed by atoms with van der Waals surface area (Å²) in [6.07, 6.45) is 0.756. The Morgan fingerprint density at radius 3 is 2.62 bits per heavy atom. The Bertz CT molecular complexity index is 990. The third-order valence-electron chi connectivity index (χ3n) is 5.80. The highest BCUT2D eigenvalue weighted by atomic mass is 35.5. The number of likely N-dealkylation sites (N-methyl/N-ethyl adjacent to an activating group) is 1. The molecule has 2 amide bonds. The minimum absolute atomic E-state index is 0.176. The van der Waals surface area contributed by atoms with E-state index in [1.165, 1.54) is 10.4 Å². The van der Waals surface area contributed by atoms with Crippen LogP contribution in [0.25, 0.3) is 0 Å². The van der Waals surface area contributed by atoms with E-state index in [1.807, 2.05) is 7.05 Å². The SMILES string of the molecule is Cc1cc(NC(=O)CN2NCC(Cl)C(Cl)C2=O)cc(S(=O)(=O)N2CCCN(C)CC2)c1C. The van der Waals surface area contributed by atoms with E-state index in [-0.39, 0.29) is 18.0 Å². The molecule has 0 aliphatic carbocycles. The van der Waals surface area contributed by atoms with Crippen molar-refractivity contribution < 1.29 is 18.0 Å². The lowest BCUT2D eigenvalue weighted by molar-refractivity contribution is -0.139. The summed E-state index contributed by atoms with van der Waals surface area (Å²) in [5, 5.41) is 2.34. The molecule has 2 unspecified atom stereocenters. The van der Waals surface area contributed by atoms with Gasteiger partial charge in [0.15, 0.2) is 0 Å². The van der Waals surface area contributed by atoms with Gasteiger partial charge in [0.1, 0.15) is 11.9 Å². The molecule has 0 spiro atoms. The van der Waals surface area contributed by atoms with Crippen LogP contribution in [0.15, 0.2) is 17.0 Å². The third-order valence-corrected chi connectivity index (χ3v) is 8.85. The molecule has 178 valence electrons. The van der Waals surface area contributed by atoms with Gasteiger partial charge in [-0.05, 0) is 57.1 Å². The van der Waals surface area contributed by atoms with E-state index in [4.69, 9.17) is 23.2 Å². The summed E-state index contributed by atoms with van der Waals surface area (Å²) in [5.41, 5.74) is 4.51. The van der Waals surface area contributed by atoms with Crippen LogP contribution in [-0.4, -0.2) is 91.5 Å². The second-order valence-electron chi connectivity index (χ2n) is 8.23. The third kappa shape index (κ3) is 5.55. The first-order valence-corrected chi connectivity index (χ1v) is 12.7. The molecule has 1 aromatic rings. The van der Waals surface area contributed by atoms with Crippen LogP contribution in [0.5, 0.6) is 0 Å². The average molecular weight is 506 g/mol. The molecule has 0 radical (unpaired) electrons. The predicted octanol–water partition coefficient (Wildman–Crippen LogP) is 1.13. The molecule has 2 saturated heterocycles. The average Bonchev–Trinajstić information content (AvgIpc) is 2.96. The van der Waals surface area contributed by atoms with Gasteiger partial charge >= 0.3 is 0 Å². The molecule has 0 saturated carbocycles. The van der Waals surface area contributed by atoms with Crippen LogP contribution in [-0.2, 0) is 19.6 Å². The van der Waals surface area contributed by atoms with Gasteiger partial charge in [-0.2, -0.15) is 4.31 Å². The number of alkyl halides is 2. The minimum atomic E-state index is -3.72. The summed E-state index contributed by atoms with van der Waals surface area (Å²) >= 11 is 12.0. The molecular weight excluding hydrogens is 477 g/mol. The van der Waals surface area contributed by atoms with E-state index < -0.39 is 32.6 Å². The molecule has 2 aliphatic rings. The lowest BCUT2D eigenvalue weighted by Gasteiger charge is -2.32. The summed E-state index contributed by atoms with van der Waals surface area (Å²) in [6, 6.07) is 3.20. The second kappa shape index (κ2) is 10.2. The number of nitrogens with one attached hydrogen (secondary N) is 2. The molecule has 2 fully saturated rings. The van der Waals surface area contributed by atoms with Gasteiger partial charge in [0.05, 0.1) is 10.3 Å². The largest absolute Gasteiger partial charge is 0.324 e. The Hall–Kier alpha value is -1.43. The standard InChI is InChI=1S/C20H29Cl2N5O4S/c1-13-9-15(24-18(28)12-27-20(29)19(22)16(21)11-23-27)10-17(14(13)2)32(30,31)26-6-4-5-25(3)7-8-26/h9-10,16,19,23H,4-8,11-12H2,1-3H3,(H,24,28). The first-order chi connectivity index (χ1) is 15.0. The van der Waals surface area contributed by atoms with Crippen LogP contribution < -0.4 is 10.7 Å². The molecule has 1 aromatic carbocycles. The molecule has 0 bridgehead atoms. The summed E-state index contributed by atoms with van der Waals surface area (Å²) in [7, 11) is -1.75. The number of halogens is 2. The van der Waals surface area contributed by atoms with E-state index in [1.54, 1.807) is 19.9 Å². The summed E-state index contributed by atoms with van der Waals surface area (Å²) < 4.78 is 28.3. The number of benzene rings is 1. The first kappa shape index (κ1) is 25.2. The second-order valence-corrected chi connectivity index (χ2v) is 11.2. The number of hydrogen-bond acceptors (Lipinski definition) is 6.